The Morgan fingerprint density at radius 3 is 2.55 bits per heavy atom. The summed E-state index contributed by atoms with van der Waals surface area (Å²) in [4.78, 5) is 12.4. The molecular formula is C13H17Cl2N3O2. The number of benzene rings is 1. The number of hydrogen-bond donors (Lipinski definition) is 1. The van der Waals surface area contributed by atoms with Gasteiger partial charge in [0.15, 0.2) is 0 Å². The van der Waals surface area contributed by atoms with Gasteiger partial charge in [0.25, 0.3) is 5.69 Å². The van der Waals surface area contributed by atoms with Crippen LogP contribution in [0.5, 0.6) is 0 Å². The fourth-order valence-electron chi connectivity index (χ4n) is 2.60. The highest BCUT2D eigenvalue weighted by atomic mass is 35.5. The fourth-order valence-corrected chi connectivity index (χ4v) is 3.32. The normalized spacial score (nSPS) is 20.8. The Morgan fingerprint density at radius 1 is 1.45 bits per heavy atom. The summed E-state index contributed by atoms with van der Waals surface area (Å²) in [5.41, 5.74) is 6.54. The van der Waals surface area contributed by atoms with Gasteiger partial charge in [-0.15, -0.1) is 0 Å². The molecule has 0 bridgehead atoms. The van der Waals surface area contributed by atoms with Crippen LogP contribution in [-0.4, -0.2) is 24.1 Å². The molecule has 1 heterocycles. The van der Waals surface area contributed by atoms with Gasteiger partial charge in [-0.25, -0.2) is 0 Å². The van der Waals surface area contributed by atoms with Crippen LogP contribution in [0.4, 0.5) is 11.4 Å². The van der Waals surface area contributed by atoms with Crippen LogP contribution in [0.1, 0.15) is 19.8 Å². The monoisotopic (exact) mass is 317 g/mol. The van der Waals surface area contributed by atoms with E-state index in [-0.39, 0.29) is 11.7 Å². The number of nitrogens with two attached hydrogens (primary N) is 1. The Morgan fingerprint density at radius 2 is 2.05 bits per heavy atom. The van der Waals surface area contributed by atoms with Crippen molar-refractivity contribution in [1.29, 1.82) is 0 Å². The minimum Gasteiger partial charge on any atom is -0.369 e. The van der Waals surface area contributed by atoms with Gasteiger partial charge >= 0.3 is 0 Å². The van der Waals surface area contributed by atoms with Gasteiger partial charge in [-0.1, -0.05) is 23.2 Å². The van der Waals surface area contributed by atoms with E-state index in [0.29, 0.717) is 21.7 Å². The van der Waals surface area contributed by atoms with Crippen molar-refractivity contribution < 1.29 is 4.92 Å². The topological polar surface area (TPSA) is 72.4 Å². The first-order valence-corrected chi connectivity index (χ1v) is 7.29. The molecule has 1 aliphatic heterocycles. The van der Waals surface area contributed by atoms with Gasteiger partial charge in [0.1, 0.15) is 0 Å². The molecule has 110 valence electrons. The van der Waals surface area contributed by atoms with Crippen molar-refractivity contribution in [3.05, 3.63) is 32.3 Å². The van der Waals surface area contributed by atoms with Gasteiger partial charge in [-0.3, -0.25) is 10.1 Å². The number of hydrogen-bond acceptors (Lipinski definition) is 4. The molecule has 1 fully saturated rings. The molecule has 2 rings (SSSR count). The van der Waals surface area contributed by atoms with Crippen LogP contribution >= 0.6 is 23.2 Å². The fraction of sp³-hybridized carbons (Fsp3) is 0.538. The average molecular weight is 318 g/mol. The van der Waals surface area contributed by atoms with E-state index in [1.165, 1.54) is 12.1 Å². The zero-order chi connectivity index (χ0) is 14.9. The van der Waals surface area contributed by atoms with Gasteiger partial charge in [0.05, 0.1) is 20.7 Å². The lowest BCUT2D eigenvalue weighted by Crippen LogP contribution is -2.42. The van der Waals surface area contributed by atoms with E-state index >= 15 is 0 Å². The highest BCUT2D eigenvalue weighted by Crippen LogP contribution is 2.39. The molecule has 7 heteroatoms. The lowest BCUT2D eigenvalue weighted by molar-refractivity contribution is -0.384. The Kier molecular flexibility index (Phi) is 4.73. The summed E-state index contributed by atoms with van der Waals surface area (Å²) in [6.45, 7) is 3.60. The number of nitro benzene ring substituents is 1. The molecular weight excluding hydrogens is 301 g/mol. The van der Waals surface area contributed by atoms with Gasteiger partial charge < -0.3 is 10.6 Å². The van der Waals surface area contributed by atoms with E-state index in [1.807, 2.05) is 6.92 Å². The van der Waals surface area contributed by atoms with Crippen molar-refractivity contribution in [2.45, 2.75) is 25.8 Å². The quantitative estimate of drug-likeness (QED) is 0.684. The predicted molar refractivity (Wildman–Crippen MR) is 81.7 cm³/mol. The largest absolute Gasteiger partial charge is 0.369 e. The first-order valence-electron chi connectivity index (χ1n) is 6.54. The van der Waals surface area contributed by atoms with E-state index < -0.39 is 4.92 Å². The lowest BCUT2D eigenvalue weighted by atomic mass is 9.92. The minimum atomic E-state index is -0.498. The summed E-state index contributed by atoms with van der Waals surface area (Å²) < 4.78 is 0. The Hall–Kier alpha value is -1.04. The first-order chi connectivity index (χ1) is 9.40. The van der Waals surface area contributed by atoms with Gasteiger partial charge in [0, 0.05) is 31.3 Å². The van der Waals surface area contributed by atoms with Crippen molar-refractivity contribution in [3.63, 3.8) is 0 Å². The lowest BCUT2D eigenvalue weighted by Gasteiger charge is -2.36. The van der Waals surface area contributed by atoms with Crippen LogP contribution in [-0.2, 0) is 0 Å². The second kappa shape index (κ2) is 6.16. The van der Waals surface area contributed by atoms with Crippen LogP contribution in [0.3, 0.4) is 0 Å². The second-order valence-electron chi connectivity index (χ2n) is 5.22. The maximum absolute atomic E-state index is 10.8. The molecule has 0 saturated carbocycles. The summed E-state index contributed by atoms with van der Waals surface area (Å²) in [6, 6.07) is 2.80. The van der Waals surface area contributed by atoms with Gasteiger partial charge in [0.2, 0.25) is 0 Å². The zero-order valence-electron chi connectivity index (χ0n) is 11.2. The molecule has 0 radical (unpaired) electrons. The number of halogens is 2. The molecule has 0 spiro atoms. The van der Waals surface area contributed by atoms with Crippen LogP contribution in [0.25, 0.3) is 0 Å². The van der Waals surface area contributed by atoms with Gasteiger partial charge in [-0.2, -0.15) is 0 Å². The van der Waals surface area contributed by atoms with Crippen LogP contribution < -0.4 is 10.6 Å². The molecule has 2 N–H and O–H groups in total. The predicted octanol–water partition coefficient (Wildman–Crippen LogP) is 3.47. The third-order valence-corrected chi connectivity index (χ3v) is 4.31. The summed E-state index contributed by atoms with van der Waals surface area (Å²) in [7, 11) is 0. The van der Waals surface area contributed by atoms with E-state index in [2.05, 4.69) is 4.90 Å². The molecule has 1 aromatic rings. The molecule has 1 aromatic carbocycles. The molecule has 2 atom stereocenters. The van der Waals surface area contributed by atoms with E-state index in [4.69, 9.17) is 28.9 Å². The van der Waals surface area contributed by atoms with Crippen molar-refractivity contribution in [2.75, 3.05) is 18.0 Å². The SMILES string of the molecule is CC(N)C1CCCN(c2c(Cl)cc([N+](=O)[O-])cc2Cl)C1. The molecule has 5 nitrogen and oxygen atoms in total. The standard InChI is InChI=1S/C13H17Cl2N3O2/c1-8(16)9-3-2-4-17(7-9)13-11(14)5-10(18(19)20)6-12(13)15/h5-6,8-9H,2-4,7,16H2,1H3. The van der Waals surface area contributed by atoms with Crippen LogP contribution in [0.15, 0.2) is 12.1 Å². The molecule has 20 heavy (non-hydrogen) atoms. The molecule has 0 aromatic heterocycles. The average Bonchev–Trinajstić information content (AvgIpc) is 2.38. The Bertz CT molecular complexity index is 499. The molecule has 1 aliphatic rings. The number of non-ortho nitro benzene ring substituents is 1. The van der Waals surface area contributed by atoms with Crippen molar-refractivity contribution in [3.8, 4) is 0 Å². The van der Waals surface area contributed by atoms with Crippen LogP contribution in [0, 0.1) is 16.0 Å². The van der Waals surface area contributed by atoms with E-state index in [0.717, 1.165) is 25.9 Å². The minimum absolute atomic E-state index is 0.0931. The number of rotatable bonds is 3. The summed E-state index contributed by atoms with van der Waals surface area (Å²) in [5, 5.41) is 11.4. The highest BCUT2D eigenvalue weighted by Gasteiger charge is 2.26. The highest BCUT2D eigenvalue weighted by molar-refractivity contribution is 6.39. The number of nitro groups is 1. The Balaban J connectivity index is 2.30. The van der Waals surface area contributed by atoms with E-state index in [1.54, 1.807) is 0 Å². The zero-order valence-corrected chi connectivity index (χ0v) is 12.7. The van der Waals surface area contributed by atoms with Crippen molar-refractivity contribution in [1.82, 2.24) is 0 Å². The van der Waals surface area contributed by atoms with Crippen LogP contribution in [0.2, 0.25) is 10.0 Å². The van der Waals surface area contributed by atoms with Gasteiger partial charge in [-0.05, 0) is 25.7 Å². The number of anilines is 1. The maximum atomic E-state index is 10.8. The Labute approximate surface area is 127 Å². The van der Waals surface area contributed by atoms with E-state index in [9.17, 15) is 10.1 Å². The molecule has 0 amide bonds. The van der Waals surface area contributed by atoms with Crippen molar-refractivity contribution in [2.24, 2.45) is 11.7 Å². The molecule has 1 saturated heterocycles. The third-order valence-electron chi connectivity index (χ3n) is 3.73. The summed E-state index contributed by atoms with van der Waals surface area (Å²) >= 11 is 12.4. The first kappa shape index (κ1) is 15.4. The number of piperidine rings is 1. The maximum Gasteiger partial charge on any atom is 0.272 e. The summed E-state index contributed by atoms with van der Waals surface area (Å²) in [5.74, 6) is 0.381. The molecule has 2 unspecified atom stereocenters. The number of nitrogens with zero attached hydrogens (tertiary/aromatic N) is 2. The third kappa shape index (κ3) is 3.16. The van der Waals surface area contributed by atoms with Crippen molar-refractivity contribution >= 4 is 34.6 Å². The smallest absolute Gasteiger partial charge is 0.272 e. The summed E-state index contributed by atoms with van der Waals surface area (Å²) in [6.07, 6.45) is 2.09. The second-order valence-corrected chi connectivity index (χ2v) is 6.04. The molecule has 0 aliphatic carbocycles.